The van der Waals surface area contributed by atoms with Crippen molar-refractivity contribution in [1.29, 1.82) is 0 Å². The Kier molecular flexibility index (Phi) is 5.89. The van der Waals surface area contributed by atoms with Gasteiger partial charge < -0.3 is 5.11 Å². The highest BCUT2D eigenvalue weighted by molar-refractivity contribution is 5.84. The van der Waals surface area contributed by atoms with Crippen molar-refractivity contribution in [2.45, 2.75) is 59.0 Å². The van der Waals surface area contributed by atoms with E-state index >= 15 is 0 Å². The van der Waals surface area contributed by atoms with E-state index in [2.05, 4.69) is 46.2 Å². The molecule has 0 bridgehead atoms. The Labute approximate surface area is 106 Å². The summed E-state index contributed by atoms with van der Waals surface area (Å²) in [6.45, 7) is 14.0. The number of nitrogens with zero attached hydrogens (tertiary/aromatic N) is 1. The number of carboxylic acid groups (broad SMARTS) is 1. The van der Waals surface area contributed by atoms with Crippen molar-refractivity contribution in [2.24, 2.45) is 5.92 Å². The van der Waals surface area contributed by atoms with E-state index in [0.717, 1.165) is 12.0 Å². The summed E-state index contributed by atoms with van der Waals surface area (Å²) in [6, 6.07) is 0.758. The molecule has 1 saturated heterocycles. The third kappa shape index (κ3) is 5.35. The van der Waals surface area contributed by atoms with E-state index in [1.54, 1.807) is 0 Å². The van der Waals surface area contributed by atoms with Crippen LogP contribution in [0, 0.1) is 5.92 Å². The van der Waals surface area contributed by atoms with Gasteiger partial charge in [-0.05, 0) is 53.5 Å². The van der Waals surface area contributed by atoms with Crippen LogP contribution < -0.4 is 0 Å². The van der Waals surface area contributed by atoms with Gasteiger partial charge in [0, 0.05) is 17.2 Å². The normalized spacial score (nSPS) is 27.9. The van der Waals surface area contributed by atoms with Gasteiger partial charge >= 0.3 is 5.97 Å². The van der Waals surface area contributed by atoms with E-state index in [4.69, 9.17) is 5.11 Å². The first-order valence-electron chi connectivity index (χ1n) is 6.19. The Morgan fingerprint density at radius 3 is 2.12 bits per heavy atom. The zero-order chi connectivity index (χ0) is 13.8. The Morgan fingerprint density at radius 2 is 1.82 bits per heavy atom. The maximum absolute atomic E-state index is 9.60. The Morgan fingerprint density at radius 1 is 1.41 bits per heavy atom. The molecule has 3 heteroatoms. The molecule has 1 aliphatic heterocycles. The van der Waals surface area contributed by atoms with Gasteiger partial charge in [0.2, 0.25) is 0 Å². The van der Waals surface area contributed by atoms with Crippen molar-refractivity contribution in [2.75, 3.05) is 7.05 Å². The molecular weight excluding hydrogens is 214 g/mol. The second-order valence-electron chi connectivity index (χ2n) is 5.90. The van der Waals surface area contributed by atoms with Crippen LogP contribution >= 0.6 is 0 Å². The first-order chi connectivity index (χ1) is 7.58. The maximum atomic E-state index is 9.60. The fourth-order valence-electron chi connectivity index (χ4n) is 2.42. The summed E-state index contributed by atoms with van der Waals surface area (Å²) in [4.78, 5) is 12.1. The van der Waals surface area contributed by atoms with Crippen molar-refractivity contribution in [3.8, 4) is 0 Å². The van der Waals surface area contributed by atoms with Gasteiger partial charge in [-0.3, -0.25) is 4.90 Å². The molecule has 0 aromatic rings. The van der Waals surface area contributed by atoms with Crippen molar-refractivity contribution in [3.05, 3.63) is 12.2 Å². The van der Waals surface area contributed by atoms with Crippen LogP contribution in [0.1, 0.15) is 47.5 Å². The highest BCUT2D eigenvalue weighted by Crippen LogP contribution is 2.33. The van der Waals surface area contributed by atoms with Gasteiger partial charge in [0.15, 0.2) is 0 Å². The monoisotopic (exact) mass is 241 g/mol. The van der Waals surface area contributed by atoms with E-state index in [0.29, 0.717) is 5.54 Å². The number of likely N-dealkylation sites (tertiary alicyclic amines) is 1. The molecule has 2 atom stereocenters. The quantitative estimate of drug-likeness (QED) is 0.717. The number of aliphatic carboxylic acids is 1. The van der Waals surface area contributed by atoms with E-state index < -0.39 is 5.97 Å². The molecule has 0 spiro atoms. The molecule has 1 aliphatic rings. The van der Waals surface area contributed by atoms with Crippen LogP contribution in [0.25, 0.3) is 0 Å². The van der Waals surface area contributed by atoms with Crippen LogP contribution in [-0.4, -0.2) is 34.6 Å². The molecule has 0 aromatic carbocycles. The Hall–Kier alpha value is -0.830. The number of hydrogen-bond acceptors (Lipinski definition) is 2. The molecule has 0 saturated carbocycles. The molecule has 2 unspecified atom stereocenters. The minimum atomic E-state index is -0.935. The Bertz CT molecular complexity index is 272. The molecule has 0 radical (unpaired) electrons. The molecule has 1 heterocycles. The predicted molar refractivity (Wildman–Crippen MR) is 72.2 cm³/mol. The van der Waals surface area contributed by atoms with Gasteiger partial charge in [-0.2, -0.15) is 0 Å². The lowest BCUT2D eigenvalue weighted by atomic mass is 9.81. The first-order valence-corrected chi connectivity index (χ1v) is 6.19. The van der Waals surface area contributed by atoms with Crippen molar-refractivity contribution >= 4 is 5.97 Å². The predicted octanol–water partition coefficient (Wildman–Crippen LogP) is 3.16. The van der Waals surface area contributed by atoms with Crippen LogP contribution in [0.15, 0.2) is 12.2 Å². The number of piperidine rings is 1. The first kappa shape index (κ1) is 16.2. The summed E-state index contributed by atoms with van der Waals surface area (Å²) in [5.74, 6) is -0.0359. The van der Waals surface area contributed by atoms with E-state index in [1.807, 2.05) is 0 Å². The zero-order valence-corrected chi connectivity index (χ0v) is 12.1. The summed E-state index contributed by atoms with van der Waals surface area (Å²) in [7, 11) is 2.25. The van der Waals surface area contributed by atoms with Crippen LogP contribution in [0.4, 0.5) is 0 Å². The van der Waals surface area contributed by atoms with Gasteiger partial charge in [0.1, 0.15) is 0 Å². The second-order valence-corrected chi connectivity index (χ2v) is 5.90. The van der Waals surface area contributed by atoms with Gasteiger partial charge in [0.25, 0.3) is 0 Å². The number of rotatable bonds is 1. The fraction of sp³-hybridized carbons (Fsp3) is 0.786. The largest absolute Gasteiger partial charge is 0.478 e. The molecular formula is C14H27NO2. The van der Waals surface area contributed by atoms with Gasteiger partial charge in [0.05, 0.1) is 0 Å². The number of hydrogen-bond donors (Lipinski definition) is 1. The lowest BCUT2D eigenvalue weighted by Gasteiger charge is -2.47. The topological polar surface area (TPSA) is 40.5 Å². The third-order valence-electron chi connectivity index (χ3n) is 3.57. The smallest absolute Gasteiger partial charge is 0.330 e. The van der Waals surface area contributed by atoms with E-state index in [1.165, 1.54) is 19.8 Å². The Balaban J connectivity index is 0.000000366. The van der Waals surface area contributed by atoms with Crippen molar-refractivity contribution < 1.29 is 9.90 Å². The lowest BCUT2D eigenvalue weighted by molar-refractivity contribution is -0.132. The van der Waals surface area contributed by atoms with Crippen LogP contribution in [0.2, 0.25) is 0 Å². The van der Waals surface area contributed by atoms with Crippen molar-refractivity contribution in [1.82, 2.24) is 4.90 Å². The fourth-order valence-corrected chi connectivity index (χ4v) is 2.42. The molecule has 0 aromatic heterocycles. The minimum absolute atomic E-state index is 0.176. The van der Waals surface area contributed by atoms with Crippen molar-refractivity contribution in [3.63, 3.8) is 0 Å². The molecule has 0 aliphatic carbocycles. The van der Waals surface area contributed by atoms with E-state index in [9.17, 15) is 4.79 Å². The summed E-state index contributed by atoms with van der Waals surface area (Å²) in [6.07, 6.45) is 2.70. The molecule has 0 amide bonds. The van der Waals surface area contributed by atoms with Crippen LogP contribution in [0.5, 0.6) is 0 Å². The maximum Gasteiger partial charge on any atom is 0.330 e. The summed E-state index contributed by atoms with van der Waals surface area (Å²) >= 11 is 0. The highest BCUT2D eigenvalue weighted by atomic mass is 16.4. The van der Waals surface area contributed by atoms with Crippen LogP contribution in [-0.2, 0) is 4.79 Å². The third-order valence-corrected chi connectivity index (χ3v) is 3.57. The molecule has 1 N–H and O–H groups in total. The number of carboxylic acids is 1. The second kappa shape index (κ2) is 6.20. The van der Waals surface area contributed by atoms with Gasteiger partial charge in [-0.15, -0.1) is 0 Å². The summed E-state index contributed by atoms with van der Waals surface area (Å²) in [5.41, 5.74) is 0.590. The number of carbonyl (C=O) groups is 1. The summed E-state index contributed by atoms with van der Waals surface area (Å²) in [5, 5.41) is 7.89. The average molecular weight is 241 g/mol. The lowest BCUT2D eigenvalue weighted by Crippen LogP contribution is -2.51. The molecule has 17 heavy (non-hydrogen) atoms. The SMILES string of the molecule is C=C(C)C(=O)O.CC1CC(C)N(C)C(C)(C)C1. The summed E-state index contributed by atoms with van der Waals surface area (Å²) < 4.78 is 0. The molecule has 1 fully saturated rings. The van der Waals surface area contributed by atoms with Gasteiger partial charge in [-0.1, -0.05) is 13.5 Å². The van der Waals surface area contributed by atoms with Crippen LogP contribution in [0.3, 0.4) is 0 Å². The van der Waals surface area contributed by atoms with Gasteiger partial charge in [-0.25, -0.2) is 4.79 Å². The standard InChI is InChI=1S/C10H21N.C4H6O2/c1-8-6-9(2)11(5)10(3,4)7-8;1-3(2)4(5)6/h8-9H,6-7H2,1-5H3;1H2,2H3,(H,5,6). The average Bonchev–Trinajstić information content (AvgIpc) is 2.14. The van der Waals surface area contributed by atoms with E-state index in [-0.39, 0.29) is 5.57 Å². The molecule has 100 valence electrons. The zero-order valence-electron chi connectivity index (χ0n) is 12.1. The minimum Gasteiger partial charge on any atom is -0.478 e. The molecule has 3 nitrogen and oxygen atoms in total. The highest BCUT2D eigenvalue weighted by Gasteiger charge is 2.34. The molecule has 1 rings (SSSR count).